The summed E-state index contributed by atoms with van der Waals surface area (Å²) in [6, 6.07) is 80.5. The Morgan fingerprint density at radius 2 is 0.712 bits per heavy atom. The van der Waals surface area contributed by atoms with Crippen LogP contribution in [0, 0.1) is 0 Å². The molecule has 0 radical (unpaired) electrons. The van der Waals surface area contributed by atoms with Crippen molar-refractivity contribution in [3.63, 3.8) is 0 Å². The van der Waals surface area contributed by atoms with Crippen molar-refractivity contribution in [3.05, 3.63) is 224 Å². The molecule has 0 aliphatic heterocycles. The summed E-state index contributed by atoms with van der Waals surface area (Å²) < 4.78 is 4.89. The first kappa shape index (κ1) is 36.5. The van der Waals surface area contributed by atoms with Crippen molar-refractivity contribution in [2.45, 2.75) is 0 Å². The Bertz CT molecular complexity index is 4240. The lowest BCUT2D eigenvalue weighted by molar-refractivity contribution is 1.08. The van der Waals surface area contributed by atoms with Crippen molar-refractivity contribution in [2.24, 2.45) is 0 Å². The highest BCUT2D eigenvalue weighted by atomic mass is 15.0. The van der Waals surface area contributed by atoms with Gasteiger partial charge >= 0.3 is 0 Å². The number of para-hydroxylation sites is 3. The number of aromatic nitrogens is 5. The molecule has 0 spiro atoms. The normalized spacial score (nSPS) is 11.9. The van der Waals surface area contributed by atoms with Crippen molar-refractivity contribution >= 4 is 86.7 Å². The summed E-state index contributed by atoms with van der Waals surface area (Å²) >= 11 is 0. The SMILES string of the molecule is c1ccc(-c2nc(-c3ccc(-n4c5ccccc5c5cc6cccc(-n7c8ccccc8c8ccccc87)c6cc54)c4ccccc34)nc(-c3cc4ccccc4c4ccccc34)n2)cc1. The van der Waals surface area contributed by atoms with Gasteiger partial charge in [0.15, 0.2) is 17.5 Å². The molecule has 14 aromatic rings. The second-order valence-corrected chi connectivity index (χ2v) is 17.1. The van der Waals surface area contributed by atoms with Crippen LogP contribution < -0.4 is 0 Å². The molecule has 0 unspecified atom stereocenters. The zero-order chi connectivity index (χ0) is 43.3. The van der Waals surface area contributed by atoms with Crippen LogP contribution in [0.4, 0.5) is 0 Å². The van der Waals surface area contributed by atoms with Crippen LogP contribution in [0.25, 0.3) is 132 Å². The molecule has 306 valence electrons. The maximum Gasteiger partial charge on any atom is 0.164 e. The van der Waals surface area contributed by atoms with E-state index in [1.165, 1.54) is 54.1 Å². The van der Waals surface area contributed by atoms with Crippen LogP contribution in [0.1, 0.15) is 0 Å². The summed E-state index contributed by atoms with van der Waals surface area (Å²) in [7, 11) is 0. The van der Waals surface area contributed by atoms with Crippen molar-refractivity contribution in [1.82, 2.24) is 24.1 Å². The van der Waals surface area contributed by atoms with Gasteiger partial charge in [0.2, 0.25) is 0 Å². The van der Waals surface area contributed by atoms with Gasteiger partial charge in [-0.15, -0.1) is 0 Å². The van der Waals surface area contributed by atoms with E-state index in [0.717, 1.165) is 60.6 Å². The zero-order valence-electron chi connectivity index (χ0n) is 35.6. The molecule has 5 nitrogen and oxygen atoms in total. The fourth-order valence-electron chi connectivity index (χ4n) is 10.6. The van der Waals surface area contributed by atoms with Crippen molar-refractivity contribution < 1.29 is 0 Å². The molecular weight excluding hydrogens is 803 g/mol. The van der Waals surface area contributed by atoms with Gasteiger partial charge in [-0.05, 0) is 86.9 Å². The molecule has 0 saturated heterocycles. The van der Waals surface area contributed by atoms with Crippen LogP contribution in [-0.2, 0) is 0 Å². The fourth-order valence-corrected chi connectivity index (χ4v) is 10.6. The van der Waals surface area contributed by atoms with Crippen molar-refractivity contribution in [3.8, 4) is 45.5 Å². The lowest BCUT2D eigenvalue weighted by atomic mass is 9.96. The van der Waals surface area contributed by atoms with E-state index in [4.69, 9.17) is 15.0 Å². The minimum absolute atomic E-state index is 0.628. The highest BCUT2D eigenvalue weighted by Crippen LogP contribution is 2.42. The summed E-state index contributed by atoms with van der Waals surface area (Å²) in [6.45, 7) is 0. The second kappa shape index (κ2) is 14.3. The Balaban J connectivity index is 1.02. The largest absolute Gasteiger partial charge is 0.309 e. The Hall–Kier alpha value is -8.93. The van der Waals surface area contributed by atoms with Crippen LogP contribution in [0.2, 0.25) is 0 Å². The quantitative estimate of drug-likeness (QED) is 0.162. The van der Waals surface area contributed by atoms with Crippen LogP contribution in [0.5, 0.6) is 0 Å². The molecule has 0 atom stereocenters. The first-order valence-electron chi connectivity index (χ1n) is 22.4. The van der Waals surface area contributed by atoms with Gasteiger partial charge in [0.1, 0.15) is 0 Å². The lowest BCUT2D eigenvalue weighted by Crippen LogP contribution is -2.02. The van der Waals surface area contributed by atoms with Gasteiger partial charge in [0.05, 0.1) is 33.4 Å². The maximum atomic E-state index is 5.38. The Labute approximate surface area is 379 Å². The summed E-state index contributed by atoms with van der Waals surface area (Å²) in [4.78, 5) is 15.9. The van der Waals surface area contributed by atoms with Crippen LogP contribution in [-0.4, -0.2) is 24.1 Å². The van der Waals surface area contributed by atoms with Gasteiger partial charge in [-0.3, -0.25) is 0 Å². The topological polar surface area (TPSA) is 48.5 Å². The molecule has 0 aliphatic rings. The smallest absolute Gasteiger partial charge is 0.164 e. The third-order valence-electron chi connectivity index (χ3n) is 13.5. The van der Waals surface area contributed by atoms with E-state index in [9.17, 15) is 0 Å². The fraction of sp³-hybridized carbons (Fsp3) is 0. The number of hydrogen-bond donors (Lipinski definition) is 0. The number of nitrogens with zero attached hydrogens (tertiary/aromatic N) is 5. The second-order valence-electron chi connectivity index (χ2n) is 17.1. The minimum atomic E-state index is 0.628. The molecule has 0 amide bonds. The molecule has 0 N–H and O–H groups in total. The first-order chi connectivity index (χ1) is 32.7. The average molecular weight is 840 g/mol. The number of fused-ring (bicyclic) bond motifs is 11. The predicted molar refractivity (Wildman–Crippen MR) is 275 cm³/mol. The van der Waals surface area contributed by atoms with Crippen LogP contribution >= 0.6 is 0 Å². The lowest BCUT2D eigenvalue weighted by Gasteiger charge is -2.16. The van der Waals surface area contributed by atoms with Gasteiger partial charge in [-0.2, -0.15) is 0 Å². The molecule has 5 heteroatoms. The molecule has 3 heterocycles. The molecule has 0 saturated carbocycles. The van der Waals surface area contributed by atoms with E-state index < -0.39 is 0 Å². The number of benzene rings is 11. The standard InChI is InChI=1S/C61H37N5/c1-2-17-38(18-3-1)59-62-60(64-61(63-59)52-36-39-19-4-5-21-41(39)42-22-6-7-23-43(42)52)49-33-34-57(45-25-9-8-24-44(45)49)66-55-31-15-12-28-48(55)51-35-40-20-16-32-56(50(40)37-58(51)66)65-53-29-13-10-26-46(53)47-27-11-14-30-54(47)65/h1-37H. The van der Waals surface area contributed by atoms with Crippen molar-refractivity contribution in [1.29, 1.82) is 0 Å². The molecule has 0 bridgehead atoms. The molecule has 11 aromatic carbocycles. The molecule has 3 aromatic heterocycles. The Kier molecular flexibility index (Phi) is 7.91. The molecule has 14 rings (SSSR count). The van der Waals surface area contributed by atoms with E-state index in [-0.39, 0.29) is 0 Å². The monoisotopic (exact) mass is 839 g/mol. The third-order valence-corrected chi connectivity index (χ3v) is 13.5. The highest BCUT2D eigenvalue weighted by Gasteiger charge is 2.22. The van der Waals surface area contributed by atoms with Crippen LogP contribution in [0.15, 0.2) is 224 Å². The maximum absolute atomic E-state index is 5.38. The van der Waals surface area contributed by atoms with Crippen molar-refractivity contribution in [2.75, 3.05) is 0 Å². The molecular formula is C61H37N5. The van der Waals surface area contributed by atoms with Gasteiger partial charge in [-0.25, -0.2) is 15.0 Å². The van der Waals surface area contributed by atoms with Crippen LogP contribution in [0.3, 0.4) is 0 Å². The highest BCUT2D eigenvalue weighted by molar-refractivity contribution is 6.18. The van der Waals surface area contributed by atoms with Gasteiger partial charge in [0.25, 0.3) is 0 Å². The zero-order valence-corrected chi connectivity index (χ0v) is 35.6. The van der Waals surface area contributed by atoms with Gasteiger partial charge in [0, 0.05) is 49.0 Å². The van der Waals surface area contributed by atoms with E-state index in [0.29, 0.717) is 17.5 Å². The summed E-state index contributed by atoms with van der Waals surface area (Å²) in [5, 5.41) is 14.1. The predicted octanol–water partition coefficient (Wildman–Crippen LogP) is 15.7. The summed E-state index contributed by atoms with van der Waals surface area (Å²) in [6.07, 6.45) is 0. The van der Waals surface area contributed by atoms with E-state index in [1.807, 2.05) is 18.2 Å². The third kappa shape index (κ3) is 5.44. The van der Waals surface area contributed by atoms with E-state index in [1.54, 1.807) is 0 Å². The summed E-state index contributed by atoms with van der Waals surface area (Å²) in [5.41, 5.74) is 9.78. The van der Waals surface area contributed by atoms with Gasteiger partial charge < -0.3 is 9.13 Å². The number of hydrogen-bond acceptors (Lipinski definition) is 3. The molecule has 66 heavy (non-hydrogen) atoms. The Morgan fingerprint density at radius 3 is 1.41 bits per heavy atom. The Morgan fingerprint density at radius 1 is 0.242 bits per heavy atom. The number of rotatable bonds is 5. The summed E-state index contributed by atoms with van der Waals surface area (Å²) in [5.74, 6) is 1.90. The average Bonchev–Trinajstić information content (AvgIpc) is 3.89. The van der Waals surface area contributed by atoms with E-state index >= 15 is 0 Å². The first-order valence-corrected chi connectivity index (χ1v) is 22.4. The molecule has 0 aliphatic carbocycles. The molecule has 0 fully saturated rings. The van der Waals surface area contributed by atoms with Gasteiger partial charge in [-0.1, -0.05) is 170 Å². The minimum Gasteiger partial charge on any atom is -0.309 e. The van der Waals surface area contributed by atoms with E-state index in [2.05, 4.69) is 215 Å².